The third kappa shape index (κ3) is 2.76. The van der Waals surface area contributed by atoms with Crippen LogP contribution < -0.4 is 4.74 Å². The van der Waals surface area contributed by atoms with Crippen LogP contribution in [0.1, 0.15) is 39.4 Å². The lowest BCUT2D eigenvalue weighted by atomic mass is 10.1. The highest BCUT2D eigenvalue weighted by molar-refractivity contribution is 5.23. The molecule has 0 amide bonds. The number of ether oxygens (including phenoxy) is 5. The second-order valence-electron chi connectivity index (χ2n) is 5.83. The summed E-state index contributed by atoms with van der Waals surface area (Å²) in [6.07, 6.45) is 2.39. The maximum Gasteiger partial charge on any atom is 0.190 e. The Hall–Kier alpha value is -1.08. The van der Waals surface area contributed by atoms with Gasteiger partial charge in [0.05, 0.1) is 19.5 Å². The number of rotatable bonds is 6. The molecule has 0 aromatic carbocycles. The lowest BCUT2D eigenvalue weighted by molar-refractivity contribution is -0.229. The van der Waals surface area contributed by atoms with Gasteiger partial charge in [0, 0.05) is 6.07 Å². The zero-order valence-electron chi connectivity index (χ0n) is 13.5. The highest BCUT2D eigenvalue weighted by Gasteiger charge is 2.55. The summed E-state index contributed by atoms with van der Waals surface area (Å²) in [7, 11) is 1.61. The third-order valence-corrected chi connectivity index (χ3v) is 4.39. The van der Waals surface area contributed by atoms with Crippen LogP contribution in [0.4, 0.5) is 0 Å². The smallest absolute Gasteiger partial charge is 0.190 e. The van der Waals surface area contributed by atoms with Crippen molar-refractivity contribution < 1.29 is 28.1 Å². The molecule has 124 valence electrons. The molecule has 2 fully saturated rings. The van der Waals surface area contributed by atoms with Gasteiger partial charge in [-0.3, -0.25) is 0 Å². The molecule has 6 heteroatoms. The van der Waals surface area contributed by atoms with E-state index in [1.807, 2.05) is 13.8 Å². The Kier molecular flexibility index (Phi) is 4.45. The Balaban J connectivity index is 1.68. The summed E-state index contributed by atoms with van der Waals surface area (Å²) >= 11 is 0. The van der Waals surface area contributed by atoms with E-state index in [1.54, 1.807) is 19.4 Å². The van der Waals surface area contributed by atoms with Crippen molar-refractivity contribution in [1.82, 2.24) is 0 Å². The zero-order valence-corrected chi connectivity index (χ0v) is 13.5. The summed E-state index contributed by atoms with van der Waals surface area (Å²) < 4.78 is 34.6. The van der Waals surface area contributed by atoms with Gasteiger partial charge < -0.3 is 28.1 Å². The van der Waals surface area contributed by atoms with Gasteiger partial charge in [0.15, 0.2) is 23.6 Å². The summed E-state index contributed by atoms with van der Waals surface area (Å²) in [5, 5.41) is 0. The van der Waals surface area contributed by atoms with Crippen molar-refractivity contribution in [2.75, 3.05) is 7.11 Å². The maximum absolute atomic E-state index is 6.06. The fourth-order valence-electron chi connectivity index (χ4n) is 2.96. The Labute approximate surface area is 130 Å². The highest BCUT2D eigenvalue weighted by atomic mass is 16.8. The fraction of sp³-hybridized carbons (Fsp3) is 0.750. The normalized spacial score (nSPS) is 37.5. The minimum atomic E-state index is -0.599. The first-order valence-corrected chi connectivity index (χ1v) is 7.83. The lowest BCUT2D eigenvalue weighted by Gasteiger charge is -2.27. The molecule has 5 atom stereocenters. The Morgan fingerprint density at radius 1 is 1.27 bits per heavy atom. The standard InChI is InChI=1S/C16H24O6/c1-5-10-13(19-9-12-11(17-4)7-8-18-12)14-15(20-10)22-16(3,6-2)21-14/h7-8,10,13-15H,5-6,9H2,1-4H3/t10-,13+,14-,15-,16?/m1/s1. The molecular weight excluding hydrogens is 288 g/mol. The molecule has 3 heterocycles. The molecule has 2 aliphatic rings. The molecule has 0 bridgehead atoms. The van der Waals surface area contributed by atoms with Gasteiger partial charge in [0.25, 0.3) is 0 Å². The Morgan fingerprint density at radius 2 is 2.09 bits per heavy atom. The average Bonchev–Trinajstić information content (AvgIpc) is 3.17. The number of methoxy groups -OCH3 is 1. The fourth-order valence-corrected chi connectivity index (χ4v) is 2.96. The van der Waals surface area contributed by atoms with E-state index in [0.717, 1.165) is 12.8 Å². The summed E-state index contributed by atoms with van der Waals surface area (Å²) in [4.78, 5) is 0. The third-order valence-electron chi connectivity index (χ3n) is 4.39. The van der Waals surface area contributed by atoms with Gasteiger partial charge in [0.2, 0.25) is 0 Å². The largest absolute Gasteiger partial charge is 0.493 e. The number of fused-ring (bicyclic) bond motifs is 1. The summed E-state index contributed by atoms with van der Waals surface area (Å²) in [6.45, 7) is 6.34. The maximum atomic E-state index is 6.06. The molecule has 1 aromatic rings. The van der Waals surface area contributed by atoms with Crippen LogP contribution in [-0.2, 0) is 25.6 Å². The van der Waals surface area contributed by atoms with Crippen LogP contribution in [0.3, 0.4) is 0 Å². The molecule has 22 heavy (non-hydrogen) atoms. The van der Waals surface area contributed by atoms with Crippen LogP contribution >= 0.6 is 0 Å². The molecule has 6 nitrogen and oxygen atoms in total. The predicted molar refractivity (Wildman–Crippen MR) is 77.4 cm³/mol. The van der Waals surface area contributed by atoms with E-state index in [1.165, 1.54) is 0 Å². The van der Waals surface area contributed by atoms with E-state index in [2.05, 4.69) is 6.92 Å². The highest BCUT2D eigenvalue weighted by Crippen LogP contribution is 2.41. The molecule has 3 rings (SSSR count). The molecular formula is C16H24O6. The molecule has 0 spiro atoms. The lowest BCUT2D eigenvalue weighted by Crippen LogP contribution is -2.37. The van der Waals surface area contributed by atoms with Crippen molar-refractivity contribution >= 4 is 0 Å². The predicted octanol–water partition coefficient (Wildman–Crippen LogP) is 2.85. The zero-order chi connectivity index (χ0) is 15.7. The minimum Gasteiger partial charge on any atom is -0.493 e. The van der Waals surface area contributed by atoms with Crippen molar-refractivity contribution in [2.24, 2.45) is 0 Å². The quantitative estimate of drug-likeness (QED) is 0.805. The van der Waals surface area contributed by atoms with Crippen LogP contribution in [0.5, 0.6) is 5.75 Å². The van der Waals surface area contributed by atoms with E-state index >= 15 is 0 Å². The van der Waals surface area contributed by atoms with E-state index in [-0.39, 0.29) is 24.6 Å². The molecule has 2 aliphatic heterocycles. The van der Waals surface area contributed by atoms with Gasteiger partial charge in [-0.1, -0.05) is 13.8 Å². The first kappa shape index (κ1) is 15.8. The van der Waals surface area contributed by atoms with Crippen LogP contribution in [0.2, 0.25) is 0 Å². The van der Waals surface area contributed by atoms with E-state index < -0.39 is 5.79 Å². The number of hydrogen-bond donors (Lipinski definition) is 0. The van der Waals surface area contributed by atoms with Crippen LogP contribution in [-0.4, -0.2) is 37.5 Å². The second kappa shape index (κ2) is 6.20. The van der Waals surface area contributed by atoms with Crippen molar-refractivity contribution in [3.05, 3.63) is 18.1 Å². The Morgan fingerprint density at radius 3 is 2.77 bits per heavy atom. The molecule has 0 N–H and O–H groups in total. The van der Waals surface area contributed by atoms with Gasteiger partial charge in [-0.2, -0.15) is 0 Å². The molecule has 0 radical (unpaired) electrons. The number of furan rings is 1. The van der Waals surface area contributed by atoms with E-state index in [9.17, 15) is 0 Å². The van der Waals surface area contributed by atoms with Crippen LogP contribution in [0.15, 0.2) is 16.7 Å². The van der Waals surface area contributed by atoms with Gasteiger partial charge in [0.1, 0.15) is 18.8 Å². The summed E-state index contributed by atoms with van der Waals surface area (Å²) in [5.41, 5.74) is 0. The van der Waals surface area contributed by atoms with Gasteiger partial charge in [-0.25, -0.2) is 0 Å². The van der Waals surface area contributed by atoms with E-state index in [4.69, 9.17) is 28.1 Å². The van der Waals surface area contributed by atoms with Gasteiger partial charge in [-0.05, 0) is 19.8 Å². The number of hydrogen-bond acceptors (Lipinski definition) is 6. The summed E-state index contributed by atoms with van der Waals surface area (Å²) in [5.74, 6) is 0.751. The Bertz CT molecular complexity index is 501. The summed E-state index contributed by atoms with van der Waals surface area (Å²) in [6, 6.07) is 1.77. The monoisotopic (exact) mass is 312 g/mol. The van der Waals surface area contributed by atoms with Crippen molar-refractivity contribution in [3.63, 3.8) is 0 Å². The van der Waals surface area contributed by atoms with Crippen molar-refractivity contribution in [3.8, 4) is 5.75 Å². The molecule has 0 saturated carbocycles. The van der Waals surface area contributed by atoms with E-state index in [0.29, 0.717) is 18.1 Å². The first-order chi connectivity index (χ1) is 10.6. The average molecular weight is 312 g/mol. The topological polar surface area (TPSA) is 59.3 Å². The molecule has 1 aromatic heterocycles. The van der Waals surface area contributed by atoms with Crippen molar-refractivity contribution in [1.29, 1.82) is 0 Å². The molecule has 2 saturated heterocycles. The van der Waals surface area contributed by atoms with Gasteiger partial charge >= 0.3 is 0 Å². The molecule has 1 unspecified atom stereocenters. The van der Waals surface area contributed by atoms with Gasteiger partial charge in [-0.15, -0.1) is 0 Å². The minimum absolute atomic E-state index is 0.0441. The second-order valence-corrected chi connectivity index (χ2v) is 5.83. The van der Waals surface area contributed by atoms with Crippen molar-refractivity contribution in [2.45, 2.75) is 70.6 Å². The van der Waals surface area contributed by atoms with Crippen LogP contribution in [0.25, 0.3) is 0 Å². The van der Waals surface area contributed by atoms with Crippen LogP contribution in [0, 0.1) is 0 Å². The molecule has 0 aliphatic carbocycles. The first-order valence-electron chi connectivity index (χ1n) is 7.83. The SMILES string of the molecule is CC[C@H]1O[C@@H]2OC(C)(CC)O[C@@H]2[C@H]1OCc1occc1OC.